The SMILES string of the molecule is CNC(=O)C(C)NCc1ccccc1C(N)=O. The van der Waals surface area contributed by atoms with Crippen molar-refractivity contribution in [3.05, 3.63) is 35.4 Å². The van der Waals surface area contributed by atoms with Crippen molar-refractivity contribution in [2.75, 3.05) is 7.05 Å². The fraction of sp³-hybridized carbons (Fsp3) is 0.333. The van der Waals surface area contributed by atoms with E-state index >= 15 is 0 Å². The third-order valence-corrected chi connectivity index (χ3v) is 2.52. The number of hydrogen-bond donors (Lipinski definition) is 3. The van der Waals surface area contributed by atoms with Crippen molar-refractivity contribution in [3.8, 4) is 0 Å². The summed E-state index contributed by atoms with van der Waals surface area (Å²) in [7, 11) is 1.58. The molecular weight excluding hydrogens is 218 g/mol. The Morgan fingerprint density at radius 1 is 1.35 bits per heavy atom. The van der Waals surface area contributed by atoms with Gasteiger partial charge in [0.1, 0.15) is 0 Å². The lowest BCUT2D eigenvalue weighted by molar-refractivity contribution is -0.122. The number of hydrogen-bond acceptors (Lipinski definition) is 3. The maximum absolute atomic E-state index is 11.3. The number of nitrogens with two attached hydrogens (primary N) is 1. The van der Waals surface area contributed by atoms with E-state index in [0.29, 0.717) is 12.1 Å². The van der Waals surface area contributed by atoms with E-state index in [0.717, 1.165) is 5.56 Å². The van der Waals surface area contributed by atoms with E-state index in [-0.39, 0.29) is 11.9 Å². The summed E-state index contributed by atoms with van der Waals surface area (Å²) in [6, 6.07) is 6.74. The van der Waals surface area contributed by atoms with Crippen molar-refractivity contribution in [3.63, 3.8) is 0 Å². The molecule has 4 N–H and O–H groups in total. The maximum atomic E-state index is 11.3. The molecular formula is C12H17N3O2. The fourth-order valence-corrected chi connectivity index (χ4v) is 1.49. The summed E-state index contributed by atoms with van der Waals surface area (Å²) >= 11 is 0. The Kier molecular flexibility index (Phi) is 4.66. The second-order valence-electron chi connectivity index (χ2n) is 3.74. The first kappa shape index (κ1) is 13.2. The van der Waals surface area contributed by atoms with E-state index in [1.165, 1.54) is 0 Å². The first-order valence-corrected chi connectivity index (χ1v) is 5.39. The van der Waals surface area contributed by atoms with Gasteiger partial charge in [-0.3, -0.25) is 9.59 Å². The van der Waals surface area contributed by atoms with E-state index in [1.807, 2.05) is 12.1 Å². The molecule has 0 saturated heterocycles. The molecule has 0 saturated carbocycles. The van der Waals surface area contributed by atoms with Crippen LogP contribution in [0.4, 0.5) is 0 Å². The Bertz CT molecular complexity index is 418. The molecule has 1 rings (SSSR count). The molecule has 1 unspecified atom stereocenters. The Hall–Kier alpha value is -1.88. The van der Waals surface area contributed by atoms with Gasteiger partial charge in [0.25, 0.3) is 0 Å². The Balaban J connectivity index is 2.69. The number of primary amides is 1. The Morgan fingerprint density at radius 2 is 2.00 bits per heavy atom. The van der Waals surface area contributed by atoms with E-state index in [4.69, 9.17) is 5.73 Å². The normalized spacial score (nSPS) is 11.9. The van der Waals surface area contributed by atoms with Gasteiger partial charge in [-0.15, -0.1) is 0 Å². The van der Waals surface area contributed by atoms with E-state index < -0.39 is 5.91 Å². The summed E-state index contributed by atoms with van der Waals surface area (Å²) in [5, 5.41) is 5.57. The van der Waals surface area contributed by atoms with Crippen LogP contribution in [0.25, 0.3) is 0 Å². The molecule has 2 amide bonds. The fourth-order valence-electron chi connectivity index (χ4n) is 1.49. The summed E-state index contributed by atoms with van der Waals surface area (Å²) < 4.78 is 0. The molecule has 92 valence electrons. The molecule has 1 atom stereocenters. The minimum Gasteiger partial charge on any atom is -0.366 e. The largest absolute Gasteiger partial charge is 0.366 e. The minimum atomic E-state index is -0.463. The Morgan fingerprint density at radius 3 is 2.59 bits per heavy atom. The van der Waals surface area contributed by atoms with Gasteiger partial charge in [-0.1, -0.05) is 18.2 Å². The maximum Gasteiger partial charge on any atom is 0.249 e. The first-order valence-electron chi connectivity index (χ1n) is 5.39. The quantitative estimate of drug-likeness (QED) is 0.672. The molecule has 5 nitrogen and oxygen atoms in total. The molecule has 0 spiro atoms. The second-order valence-corrected chi connectivity index (χ2v) is 3.74. The first-order chi connectivity index (χ1) is 8.06. The van der Waals surface area contributed by atoms with Gasteiger partial charge in [0.05, 0.1) is 6.04 Å². The summed E-state index contributed by atoms with van der Waals surface area (Å²) in [6.07, 6.45) is 0. The molecule has 1 aromatic carbocycles. The van der Waals surface area contributed by atoms with Gasteiger partial charge >= 0.3 is 0 Å². The molecule has 5 heteroatoms. The topological polar surface area (TPSA) is 84.2 Å². The molecule has 0 fully saturated rings. The lowest BCUT2D eigenvalue weighted by Crippen LogP contribution is -2.40. The predicted octanol–water partition coefficient (Wildman–Crippen LogP) is 0.00960. The number of likely N-dealkylation sites (N-methyl/N-ethyl adjacent to an activating group) is 1. The summed E-state index contributed by atoms with van der Waals surface area (Å²) in [6.45, 7) is 2.18. The zero-order valence-corrected chi connectivity index (χ0v) is 9.99. The van der Waals surface area contributed by atoms with Crippen LogP contribution in [0.1, 0.15) is 22.8 Å². The van der Waals surface area contributed by atoms with Crippen molar-refractivity contribution < 1.29 is 9.59 Å². The van der Waals surface area contributed by atoms with Crippen LogP contribution in [-0.4, -0.2) is 24.9 Å². The molecule has 0 radical (unpaired) electrons. The number of carbonyl (C=O) groups excluding carboxylic acids is 2. The monoisotopic (exact) mass is 235 g/mol. The molecule has 0 aliphatic carbocycles. The van der Waals surface area contributed by atoms with Crippen LogP contribution in [0, 0.1) is 0 Å². The van der Waals surface area contributed by atoms with Crippen LogP contribution in [-0.2, 0) is 11.3 Å². The smallest absolute Gasteiger partial charge is 0.249 e. The van der Waals surface area contributed by atoms with Gasteiger partial charge in [-0.05, 0) is 18.6 Å². The highest BCUT2D eigenvalue weighted by Gasteiger charge is 2.12. The molecule has 0 aliphatic rings. The number of nitrogens with one attached hydrogen (secondary N) is 2. The van der Waals surface area contributed by atoms with Crippen molar-refractivity contribution in [1.82, 2.24) is 10.6 Å². The molecule has 0 bridgehead atoms. The average molecular weight is 235 g/mol. The summed E-state index contributed by atoms with van der Waals surface area (Å²) in [5.41, 5.74) is 6.52. The lowest BCUT2D eigenvalue weighted by atomic mass is 10.1. The minimum absolute atomic E-state index is 0.0958. The van der Waals surface area contributed by atoms with Gasteiger partial charge in [0.15, 0.2) is 0 Å². The van der Waals surface area contributed by atoms with Gasteiger partial charge in [-0.25, -0.2) is 0 Å². The average Bonchev–Trinajstić information content (AvgIpc) is 2.35. The zero-order valence-electron chi connectivity index (χ0n) is 9.99. The lowest BCUT2D eigenvalue weighted by Gasteiger charge is -2.13. The summed E-state index contributed by atoms with van der Waals surface area (Å²) in [4.78, 5) is 22.5. The van der Waals surface area contributed by atoms with Crippen molar-refractivity contribution >= 4 is 11.8 Å². The van der Waals surface area contributed by atoms with Gasteiger partial charge in [0, 0.05) is 19.2 Å². The molecule has 17 heavy (non-hydrogen) atoms. The van der Waals surface area contributed by atoms with Gasteiger partial charge in [-0.2, -0.15) is 0 Å². The third kappa shape index (κ3) is 3.57. The second kappa shape index (κ2) is 6.00. The van der Waals surface area contributed by atoms with E-state index in [9.17, 15) is 9.59 Å². The standard InChI is InChI=1S/C12H17N3O2/c1-8(12(17)14-2)15-7-9-5-3-4-6-10(9)11(13)16/h3-6,8,15H,7H2,1-2H3,(H2,13,16)(H,14,17). The van der Waals surface area contributed by atoms with E-state index in [1.54, 1.807) is 26.1 Å². The molecule has 0 aliphatic heterocycles. The highest BCUT2D eigenvalue weighted by atomic mass is 16.2. The van der Waals surface area contributed by atoms with E-state index in [2.05, 4.69) is 10.6 Å². The molecule has 0 aromatic heterocycles. The van der Waals surface area contributed by atoms with Crippen molar-refractivity contribution in [2.45, 2.75) is 19.5 Å². The van der Waals surface area contributed by atoms with Gasteiger partial charge < -0.3 is 16.4 Å². The predicted molar refractivity (Wildman–Crippen MR) is 65.3 cm³/mol. The highest BCUT2D eigenvalue weighted by Crippen LogP contribution is 2.07. The molecule has 1 aromatic rings. The van der Waals surface area contributed by atoms with Crippen LogP contribution >= 0.6 is 0 Å². The van der Waals surface area contributed by atoms with Crippen LogP contribution in [0.2, 0.25) is 0 Å². The third-order valence-electron chi connectivity index (χ3n) is 2.52. The number of rotatable bonds is 5. The van der Waals surface area contributed by atoms with Crippen molar-refractivity contribution in [1.29, 1.82) is 0 Å². The van der Waals surface area contributed by atoms with Crippen molar-refractivity contribution in [2.24, 2.45) is 5.73 Å². The highest BCUT2D eigenvalue weighted by molar-refractivity contribution is 5.94. The number of benzene rings is 1. The zero-order chi connectivity index (χ0) is 12.8. The van der Waals surface area contributed by atoms with Gasteiger partial charge in [0.2, 0.25) is 11.8 Å². The summed E-state index contributed by atoms with van der Waals surface area (Å²) in [5.74, 6) is -0.559. The number of amides is 2. The Labute approximate surface area is 100 Å². The number of carbonyl (C=O) groups is 2. The van der Waals surface area contributed by atoms with Crippen LogP contribution < -0.4 is 16.4 Å². The molecule has 0 heterocycles. The van der Waals surface area contributed by atoms with Crippen LogP contribution in [0.3, 0.4) is 0 Å². The van der Waals surface area contributed by atoms with Crippen LogP contribution in [0.15, 0.2) is 24.3 Å². The van der Waals surface area contributed by atoms with Crippen LogP contribution in [0.5, 0.6) is 0 Å².